The quantitative estimate of drug-likeness (QED) is 0.529. The number of nitriles is 1. The Morgan fingerprint density at radius 1 is 1.17 bits per heavy atom. The van der Waals surface area contributed by atoms with E-state index in [1.165, 1.54) is 13.2 Å². The number of hydrogen-bond acceptors (Lipinski definition) is 6. The lowest BCUT2D eigenvalue weighted by Crippen LogP contribution is -2.09. The van der Waals surface area contributed by atoms with Gasteiger partial charge in [0, 0.05) is 17.3 Å². The topological polar surface area (TPSA) is 101 Å². The van der Waals surface area contributed by atoms with Gasteiger partial charge in [0.2, 0.25) is 0 Å². The molecule has 0 saturated heterocycles. The van der Waals surface area contributed by atoms with E-state index in [-0.39, 0.29) is 5.69 Å². The van der Waals surface area contributed by atoms with Gasteiger partial charge >= 0.3 is 5.97 Å². The Kier molecular flexibility index (Phi) is 5.00. The van der Waals surface area contributed by atoms with Crippen LogP contribution in [0.15, 0.2) is 60.8 Å². The molecule has 4 aromatic rings. The van der Waals surface area contributed by atoms with Crippen molar-refractivity contribution in [1.82, 2.24) is 14.6 Å². The molecule has 0 aliphatic rings. The third kappa shape index (κ3) is 3.41. The highest BCUT2D eigenvalue weighted by Gasteiger charge is 2.24. The summed E-state index contributed by atoms with van der Waals surface area (Å²) < 4.78 is 6.45. The molecule has 0 spiro atoms. The zero-order valence-electron chi connectivity index (χ0n) is 16.4. The van der Waals surface area contributed by atoms with Crippen molar-refractivity contribution in [1.29, 1.82) is 5.26 Å². The lowest BCUT2D eigenvalue weighted by atomic mass is 9.99. The second-order valence-electron chi connectivity index (χ2n) is 6.83. The second-order valence-corrected chi connectivity index (χ2v) is 6.83. The number of aryl methyl sites for hydroxylation is 1. The number of aliphatic hydroxyl groups is 1. The van der Waals surface area contributed by atoms with Crippen LogP contribution in [0, 0.1) is 18.3 Å². The predicted octanol–water partition coefficient (Wildman–Crippen LogP) is 3.44. The zero-order chi connectivity index (χ0) is 21.3. The van der Waals surface area contributed by atoms with E-state index in [2.05, 4.69) is 16.2 Å². The minimum atomic E-state index is -1.12. The van der Waals surface area contributed by atoms with E-state index < -0.39 is 12.1 Å². The van der Waals surface area contributed by atoms with Gasteiger partial charge < -0.3 is 9.84 Å². The molecule has 30 heavy (non-hydrogen) atoms. The van der Waals surface area contributed by atoms with Crippen LogP contribution >= 0.6 is 0 Å². The molecule has 1 unspecified atom stereocenters. The summed E-state index contributed by atoms with van der Waals surface area (Å²) in [6.07, 6.45) is 0.747. The molecule has 0 amide bonds. The van der Waals surface area contributed by atoms with Gasteiger partial charge in [0.25, 0.3) is 0 Å². The number of fused-ring (bicyclic) bond motifs is 1. The van der Waals surface area contributed by atoms with Gasteiger partial charge in [-0.3, -0.25) is 0 Å². The van der Waals surface area contributed by atoms with Gasteiger partial charge in [-0.1, -0.05) is 24.3 Å². The Balaban J connectivity index is 1.90. The van der Waals surface area contributed by atoms with Crippen LogP contribution in [0.3, 0.4) is 0 Å². The summed E-state index contributed by atoms with van der Waals surface area (Å²) in [5, 5.41) is 25.0. The van der Waals surface area contributed by atoms with Crippen LogP contribution in [0.1, 0.15) is 39.0 Å². The number of carbonyl (C=O) groups excluding carboxylic acids is 1. The molecule has 3 aromatic heterocycles. The molecule has 0 bridgehead atoms. The molecule has 3 heterocycles. The number of aliphatic hydroxyl groups excluding tert-OH is 1. The number of rotatable bonds is 4. The molecule has 1 N–H and O–H groups in total. The van der Waals surface area contributed by atoms with E-state index >= 15 is 0 Å². The largest absolute Gasteiger partial charge is 0.464 e. The molecular weight excluding hydrogens is 380 g/mol. The Morgan fingerprint density at radius 3 is 2.63 bits per heavy atom. The van der Waals surface area contributed by atoms with Gasteiger partial charge in [0.05, 0.1) is 35.6 Å². The highest BCUT2D eigenvalue weighted by Crippen LogP contribution is 2.34. The van der Waals surface area contributed by atoms with Gasteiger partial charge in [-0.05, 0) is 42.8 Å². The minimum Gasteiger partial charge on any atom is -0.464 e. The lowest BCUT2D eigenvalue weighted by Gasteiger charge is -2.12. The third-order valence-corrected chi connectivity index (χ3v) is 4.82. The van der Waals surface area contributed by atoms with Gasteiger partial charge in [0.1, 0.15) is 11.8 Å². The summed E-state index contributed by atoms with van der Waals surface area (Å²) in [5.41, 5.74) is 4.59. The van der Waals surface area contributed by atoms with Crippen LogP contribution in [0.5, 0.6) is 0 Å². The first-order valence-electron chi connectivity index (χ1n) is 9.24. The molecule has 148 valence electrons. The van der Waals surface area contributed by atoms with Crippen molar-refractivity contribution in [3.05, 3.63) is 88.9 Å². The van der Waals surface area contributed by atoms with Crippen LogP contribution in [0.4, 0.5) is 0 Å². The molecule has 7 nitrogen and oxygen atoms in total. The number of aromatic nitrogens is 3. The molecule has 1 aromatic carbocycles. The van der Waals surface area contributed by atoms with E-state index in [1.807, 2.05) is 25.3 Å². The summed E-state index contributed by atoms with van der Waals surface area (Å²) in [6, 6.07) is 17.7. The van der Waals surface area contributed by atoms with E-state index in [0.29, 0.717) is 22.5 Å². The number of esters is 1. The van der Waals surface area contributed by atoms with Crippen molar-refractivity contribution in [2.45, 2.75) is 13.0 Å². The number of hydrogen-bond donors (Lipinski definition) is 1. The number of carbonyl (C=O) groups is 1. The maximum Gasteiger partial charge on any atom is 0.356 e. The second kappa shape index (κ2) is 7.78. The van der Waals surface area contributed by atoms with Gasteiger partial charge in [-0.15, -0.1) is 0 Å². The van der Waals surface area contributed by atoms with Crippen LogP contribution in [0.2, 0.25) is 0 Å². The summed E-state index contributed by atoms with van der Waals surface area (Å²) in [5.74, 6) is -0.577. The zero-order valence-corrected chi connectivity index (χ0v) is 16.4. The molecule has 0 saturated carbocycles. The first-order valence-corrected chi connectivity index (χ1v) is 9.24. The van der Waals surface area contributed by atoms with Crippen molar-refractivity contribution in [3.63, 3.8) is 0 Å². The Hall–Kier alpha value is -4.02. The maximum atomic E-state index is 11.9. The molecule has 4 rings (SSSR count). The van der Waals surface area contributed by atoms with Crippen LogP contribution in [0.25, 0.3) is 16.8 Å². The SMILES string of the molecule is COC(=O)c1cccc(C(O)c2c(-c3ccc(C#N)cc3)nn3cc(C)ccc23)n1. The average molecular weight is 398 g/mol. The molecule has 0 radical (unpaired) electrons. The first kappa shape index (κ1) is 19.3. The Labute approximate surface area is 172 Å². The van der Waals surface area contributed by atoms with E-state index in [1.54, 1.807) is 40.9 Å². The van der Waals surface area contributed by atoms with Gasteiger partial charge in [0.15, 0.2) is 0 Å². The molecule has 0 aliphatic carbocycles. The Morgan fingerprint density at radius 2 is 1.93 bits per heavy atom. The van der Waals surface area contributed by atoms with Crippen LogP contribution < -0.4 is 0 Å². The van der Waals surface area contributed by atoms with Crippen LogP contribution in [-0.4, -0.2) is 32.8 Å². The van der Waals surface area contributed by atoms with E-state index in [0.717, 1.165) is 16.6 Å². The summed E-state index contributed by atoms with van der Waals surface area (Å²) in [4.78, 5) is 16.1. The first-order chi connectivity index (χ1) is 14.5. The summed E-state index contributed by atoms with van der Waals surface area (Å²) in [6.45, 7) is 1.96. The van der Waals surface area contributed by atoms with Crippen molar-refractivity contribution in [3.8, 4) is 17.3 Å². The van der Waals surface area contributed by atoms with Crippen molar-refractivity contribution >= 4 is 11.5 Å². The molecule has 1 atom stereocenters. The fraction of sp³-hybridized carbons (Fsp3) is 0.130. The van der Waals surface area contributed by atoms with Crippen molar-refractivity contribution < 1.29 is 14.6 Å². The van der Waals surface area contributed by atoms with Crippen molar-refractivity contribution in [2.24, 2.45) is 0 Å². The third-order valence-electron chi connectivity index (χ3n) is 4.82. The average Bonchev–Trinajstić information content (AvgIpc) is 3.16. The predicted molar refractivity (Wildman–Crippen MR) is 110 cm³/mol. The van der Waals surface area contributed by atoms with Crippen molar-refractivity contribution in [2.75, 3.05) is 7.11 Å². The number of ether oxygens (including phenoxy) is 1. The number of benzene rings is 1. The minimum absolute atomic E-state index is 0.112. The van der Waals surface area contributed by atoms with Gasteiger partial charge in [-0.2, -0.15) is 10.4 Å². The number of pyridine rings is 2. The van der Waals surface area contributed by atoms with Crippen LogP contribution in [-0.2, 0) is 4.74 Å². The van der Waals surface area contributed by atoms with Gasteiger partial charge in [-0.25, -0.2) is 14.3 Å². The lowest BCUT2D eigenvalue weighted by molar-refractivity contribution is 0.0593. The summed E-state index contributed by atoms with van der Waals surface area (Å²) >= 11 is 0. The Bertz CT molecular complexity index is 1290. The molecule has 0 aliphatic heterocycles. The molecule has 7 heteroatoms. The fourth-order valence-electron chi connectivity index (χ4n) is 3.33. The molecular formula is C23H18N4O3. The monoisotopic (exact) mass is 398 g/mol. The standard InChI is InChI=1S/C23H18N4O3/c1-14-6-11-19-20(22(28)17-4-3-5-18(25-17)23(29)30-2)21(26-27(19)13-14)16-9-7-15(12-24)8-10-16/h3-11,13,22,28H,1-2H3. The summed E-state index contributed by atoms with van der Waals surface area (Å²) in [7, 11) is 1.28. The number of nitrogens with zero attached hydrogens (tertiary/aromatic N) is 4. The van der Waals surface area contributed by atoms with E-state index in [9.17, 15) is 9.90 Å². The van der Waals surface area contributed by atoms with E-state index in [4.69, 9.17) is 10.00 Å². The molecule has 0 fully saturated rings. The number of methoxy groups -OCH3 is 1. The smallest absolute Gasteiger partial charge is 0.356 e. The maximum absolute atomic E-state index is 11.9. The normalized spacial score (nSPS) is 11.8. The highest BCUT2D eigenvalue weighted by molar-refractivity contribution is 5.87. The highest BCUT2D eigenvalue weighted by atomic mass is 16.5. The fourth-order valence-corrected chi connectivity index (χ4v) is 3.33.